The third-order valence-electron chi connectivity index (χ3n) is 2.17. The van der Waals surface area contributed by atoms with Crippen LogP contribution in [0.4, 0.5) is 0 Å². The molecule has 1 aromatic heterocycles. The average Bonchev–Trinajstić information content (AvgIpc) is 2.60. The number of H-pyrrole nitrogens is 1. The molecule has 0 aliphatic heterocycles. The van der Waals surface area contributed by atoms with Crippen molar-refractivity contribution in [2.75, 3.05) is 0 Å². The Labute approximate surface area is 84.0 Å². The summed E-state index contributed by atoms with van der Waals surface area (Å²) in [6, 6.07) is 4.58. The minimum Gasteiger partial charge on any atom is -0.478 e. The predicted octanol–water partition coefficient (Wildman–Crippen LogP) is 1.56. The zero-order chi connectivity index (χ0) is 11.0. The van der Waals surface area contributed by atoms with Gasteiger partial charge in [0.1, 0.15) is 0 Å². The lowest BCUT2D eigenvalue weighted by atomic mass is 10.1. The van der Waals surface area contributed by atoms with Crippen LogP contribution in [-0.2, 0) is 0 Å². The fraction of sp³-hybridized carbons (Fsp3) is 0. The van der Waals surface area contributed by atoms with Gasteiger partial charge in [0.15, 0.2) is 0 Å². The number of carbonyl (C=O) groups is 2. The number of aromatic amines is 1. The molecule has 0 bridgehead atoms. The number of aromatic carboxylic acids is 2. The molecular weight excluding hydrogens is 198 g/mol. The molecule has 2 rings (SSSR count). The maximum absolute atomic E-state index is 10.9. The van der Waals surface area contributed by atoms with E-state index in [1.54, 1.807) is 12.1 Å². The van der Waals surface area contributed by atoms with E-state index in [0.717, 1.165) is 0 Å². The summed E-state index contributed by atoms with van der Waals surface area (Å²) in [6.07, 6.45) is 1.29. The molecule has 0 aliphatic carbocycles. The highest BCUT2D eigenvalue weighted by Gasteiger charge is 2.16. The SMILES string of the molecule is O=C(O)c1cccc2[nH]cc(C(=O)O)c12. The van der Waals surface area contributed by atoms with Crippen molar-refractivity contribution in [3.63, 3.8) is 0 Å². The summed E-state index contributed by atoms with van der Waals surface area (Å²) in [4.78, 5) is 24.4. The third kappa shape index (κ3) is 1.34. The van der Waals surface area contributed by atoms with Gasteiger partial charge < -0.3 is 15.2 Å². The van der Waals surface area contributed by atoms with Gasteiger partial charge in [-0.2, -0.15) is 0 Å². The Morgan fingerprint density at radius 2 is 1.73 bits per heavy atom. The van der Waals surface area contributed by atoms with Gasteiger partial charge in [-0.3, -0.25) is 0 Å². The number of hydrogen-bond acceptors (Lipinski definition) is 2. The number of fused-ring (bicyclic) bond motifs is 1. The second-order valence-corrected chi connectivity index (χ2v) is 3.04. The van der Waals surface area contributed by atoms with E-state index in [9.17, 15) is 9.59 Å². The summed E-state index contributed by atoms with van der Waals surface area (Å²) in [7, 11) is 0. The van der Waals surface area contributed by atoms with Crippen LogP contribution in [0, 0.1) is 0 Å². The average molecular weight is 205 g/mol. The van der Waals surface area contributed by atoms with Crippen LogP contribution in [-0.4, -0.2) is 27.1 Å². The first-order valence-corrected chi connectivity index (χ1v) is 4.18. The lowest BCUT2D eigenvalue weighted by Gasteiger charge is -1.98. The van der Waals surface area contributed by atoms with Gasteiger partial charge in [-0.1, -0.05) is 6.07 Å². The number of carboxylic acids is 2. The molecule has 5 heteroatoms. The Hall–Kier alpha value is -2.30. The molecule has 2 aromatic rings. The van der Waals surface area contributed by atoms with Crippen LogP contribution >= 0.6 is 0 Å². The molecule has 0 radical (unpaired) electrons. The van der Waals surface area contributed by atoms with E-state index >= 15 is 0 Å². The lowest BCUT2D eigenvalue weighted by Crippen LogP contribution is -2.01. The number of aromatic nitrogens is 1. The molecule has 0 saturated heterocycles. The fourth-order valence-corrected chi connectivity index (χ4v) is 1.53. The van der Waals surface area contributed by atoms with Crippen LogP contribution in [0.5, 0.6) is 0 Å². The molecule has 1 heterocycles. The van der Waals surface area contributed by atoms with Gasteiger partial charge in [0.25, 0.3) is 0 Å². The maximum atomic E-state index is 10.9. The maximum Gasteiger partial charge on any atom is 0.337 e. The monoisotopic (exact) mass is 205 g/mol. The summed E-state index contributed by atoms with van der Waals surface area (Å²) in [6.45, 7) is 0. The van der Waals surface area contributed by atoms with Crippen LogP contribution in [0.1, 0.15) is 20.7 Å². The van der Waals surface area contributed by atoms with Crippen molar-refractivity contribution >= 4 is 22.8 Å². The largest absolute Gasteiger partial charge is 0.478 e. The number of hydrogen-bond donors (Lipinski definition) is 3. The first-order chi connectivity index (χ1) is 7.11. The molecule has 0 saturated carbocycles. The van der Waals surface area contributed by atoms with Crippen LogP contribution in [0.15, 0.2) is 24.4 Å². The summed E-state index contributed by atoms with van der Waals surface area (Å²) >= 11 is 0. The van der Waals surface area contributed by atoms with Crippen LogP contribution in [0.3, 0.4) is 0 Å². The molecule has 5 nitrogen and oxygen atoms in total. The quantitative estimate of drug-likeness (QED) is 0.693. The normalized spacial score (nSPS) is 10.4. The van der Waals surface area contributed by atoms with Gasteiger partial charge in [-0.05, 0) is 12.1 Å². The number of carboxylic acid groups (broad SMARTS) is 2. The zero-order valence-corrected chi connectivity index (χ0v) is 7.52. The topological polar surface area (TPSA) is 90.4 Å². The standard InChI is InChI=1S/C10H7NO4/c12-9(13)5-2-1-3-7-8(5)6(4-11-7)10(14)15/h1-4,11H,(H,12,13)(H,14,15). The summed E-state index contributed by atoms with van der Waals surface area (Å²) < 4.78 is 0. The van der Waals surface area contributed by atoms with Gasteiger partial charge >= 0.3 is 11.9 Å². The second kappa shape index (κ2) is 3.13. The predicted molar refractivity (Wildman–Crippen MR) is 52.2 cm³/mol. The molecular formula is C10H7NO4. The lowest BCUT2D eigenvalue weighted by molar-refractivity contribution is 0.0695. The first-order valence-electron chi connectivity index (χ1n) is 4.18. The summed E-state index contributed by atoms with van der Waals surface area (Å²) in [5.74, 6) is -2.28. The van der Waals surface area contributed by atoms with E-state index in [1.807, 2.05) is 0 Å². The van der Waals surface area contributed by atoms with E-state index < -0.39 is 11.9 Å². The van der Waals surface area contributed by atoms with Crippen molar-refractivity contribution in [1.82, 2.24) is 4.98 Å². The highest BCUT2D eigenvalue weighted by Crippen LogP contribution is 2.22. The molecule has 0 atom stereocenters. The molecule has 76 valence electrons. The van der Waals surface area contributed by atoms with Crippen molar-refractivity contribution in [2.45, 2.75) is 0 Å². The van der Waals surface area contributed by atoms with E-state index in [0.29, 0.717) is 5.52 Å². The third-order valence-corrected chi connectivity index (χ3v) is 2.17. The first kappa shape index (κ1) is 9.26. The Morgan fingerprint density at radius 1 is 1.07 bits per heavy atom. The number of benzene rings is 1. The van der Waals surface area contributed by atoms with E-state index in [2.05, 4.69) is 4.98 Å². The molecule has 3 N–H and O–H groups in total. The Balaban J connectivity index is 2.86. The fourth-order valence-electron chi connectivity index (χ4n) is 1.53. The summed E-state index contributed by atoms with van der Waals surface area (Å²) in [5.41, 5.74) is 0.474. The van der Waals surface area contributed by atoms with Crippen LogP contribution in [0.25, 0.3) is 10.9 Å². The Morgan fingerprint density at radius 3 is 2.33 bits per heavy atom. The molecule has 0 aliphatic rings. The van der Waals surface area contributed by atoms with Gasteiger partial charge in [0.2, 0.25) is 0 Å². The number of nitrogens with one attached hydrogen (secondary N) is 1. The molecule has 1 aromatic carbocycles. The van der Waals surface area contributed by atoms with E-state index in [1.165, 1.54) is 12.3 Å². The van der Waals surface area contributed by atoms with Gasteiger partial charge in [-0.25, -0.2) is 9.59 Å². The van der Waals surface area contributed by atoms with Crippen molar-refractivity contribution < 1.29 is 19.8 Å². The van der Waals surface area contributed by atoms with E-state index in [4.69, 9.17) is 10.2 Å². The van der Waals surface area contributed by atoms with Gasteiger partial charge in [-0.15, -0.1) is 0 Å². The minimum absolute atomic E-state index is 0.00819. The smallest absolute Gasteiger partial charge is 0.337 e. The summed E-state index contributed by atoms with van der Waals surface area (Å²) in [5, 5.41) is 18.0. The highest BCUT2D eigenvalue weighted by atomic mass is 16.4. The molecule has 0 fully saturated rings. The molecule has 0 amide bonds. The molecule has 0 spiro atoms. The zero-order valence-electron chi connectivity index (χ0n) is 7.52. The molecule has 0 unspecified atom stereocenters. The van der Waals surface area contributed by atoms with Gasteiger partial charge in [0.05, 0.1) is 11.1 Å². The van der Waals surface area contributed by atoms with E-state index in [-0.39, 0.29) is 16.5 Å². The van der Waals surface area contributed by atoms with Crippen LogP contribution < -0.4 is 0 Å². The minimum atomic E-state index is -1.14. The van der Waals surface area contributed by atoms with Gasteiger partial charge in [0, 0.05) is 17.1 Å². The van der Waals surface area contributed by atoms with Crippen molar-refractivity contribution in [3.8, 4) is 0 Å². The second-order valence-electron chi connectivity index (χ2n) is 3.04. The Bertz CT molecular complexity index is 556. The van der Waals surface area contributed by atoms with Crippen LogP contribution in [0.2, 0.25) is 0 Å². The van der Waals surface area contributed by atoms with Crippen molar-refractivity contribution in [2.24, 2.45) is 0 Å². The highest BCUT2D eigenvalue weighted by molar-refractivity contribution is 6.12. The van der Waals surface area contributed by atoms with Crippen molar-refractivity contribution in [1.29, 1.82) is 0 Å². The van der Waals surface area contributed by atoms with Crippen molar-refractivity contribution in [3.05, 3.63) is 35.5 Å². The molecule has 15 heavy (non-hydrogen) atoms. The number of rotatable bonds is 2. The Kier molecular flexibility index (Phi) is 1.93.